The molecule has 1 heteroatoms. The van der Waals surface area contributed by atoms with Gasteiger partial charge in [0.15, 0.2) is 0 Å². The summed E-state index contributed by atoms with van der Waals surface area (Å²) in [5.41, 5.74) is 0. The molecule has 0 aromatic heterocycles. The monoisotopic (exact) mass is 130 g/mol. The van der Waals surface area contributed by atoms with Gasteiger partial charge in [0.1, 0.15) is 0 Å². The van der Waals surface area contributed by atoms with Crippen molar-refractivity contribution in [3.8, 4) is 5.92 Å². The Balaban J connectivity index is 0. The van der Waals surface area contributed by atoms with Gasteiger partial charge in [0, 0.05) is 0 Å². The van der Waals surface area contributed by atoms with Crippen LogP contribution in [-0.4, -0.2) is 0 Å². The first-order valence-electron chi connectivity index (χ1n) is 2.96. The molecule has 0 N–H and O–H groups in total. The van der Waals surface area contributed by atoms with Crippen molar-refractivity contribution in [2.24, 2.45) is 0 Å². The van der Waals surface area contributed by atoms with E-state index in [0.29, 0.717) is 0 Å². The van der Waals surface area contributed by atoms with Crippen molar-refractivity contribution in [1.29, 1.82) is 0 Å². The van der Waals surface area contributed by atoms with Gasteiger partial charge in [0.05, 0.1) is 0 Å². The molecular weight excluding hydrogens is 119 g/mol. The van der Waals surface area contributed by atoms with Crippen LogP contribution in [0.15, 0.2) is 12.2 Å². The van der Waals surface area contributed by atoms with E-state index in [4.69, 9.17) is 6.42 Å². The Kier molecular flexibility index (Phi) is 14.9. The van der Waals surface area contributed by atoms with E-state index < -0.39 is 0 Å². The maximum absolute atomic E-state index is 6.55. The van der Waals surface area contributed by atoms with E-state index in [2.05, 4.69) is 25.0 Å². The summed E-state index contributed by atoms with van der Waals surface area (Å²) in [5.74, 6) is 2.33. The van der Waals surface area contributed by atoms with E-state index in [1.54, 1.807) is 0 Å². The van der Waals surface area contributed by atoms with Crippen molar-refractivity contribution < 1.29 is 29.6 Å². The van der Waals surface area contributed by atoms with Gasteiger partial charge in [-0.15, -0.1) is 0 Å². The van der Waals surface area contributed by atoms with Crippen molar-refractivity contribution in [2.45, 2.75) is 26.2 Å². The van der Waals surface area contributed by atoms with Crippen LogP contribution in [0, 0.1) is 12.3 Å². The molecule has 0 rings (SSSR count). The maximum atomic E-state index is 6.55. The van der Waals surface area contributed by atoms with Crippen LogP contribution in [0.4, 0.5) is 0 Å². The summed E-state index contributed by atoms with van der Waals surface area (Å²) in [6.07, 6.45) is 13.6. The Bertz CT molecular complexity index is 97.6. The van der Waals surface area contributed by atoms with E-state index in [-0.39, 0.29) is 29.6 Å². The molecule has 0 saturated carbocycles. The van der Waals surface area contributed by atoms with Gasteiger partial charge in [0.2, 0.25) is 0 Å². The second-order valence-corrected chi connectivity index (χ2v) is 1.60. The van der Waals surface area contributed by atoms with Gasteiger partial charge < -0.3 is 12.3 Å². The Hall–Kier alpha value is 0.300. The Morgan fingerprint density at radius 1 is 1.44 bits per heavy atom. The van der Waals surface area contributed by atoms with Crippen LogP contribution in [0.2, 0.25) is 0 Å². The molecule has 0 aromatic rings. The smallest absolute Gasteiger partial charge is 0.694 e. The minimum absolute atomic E-state index is 0. The summed E-state index contributed by atoms with van der Waals surface area (Å²) in [6, 6.07) is 0. The van der Waals surface area contributed by atoms with Crippen LogP contribution in [0.25, 0.3) is 0 Å². The van der Waals surface area contributed by atoms with Crippen molar-refractivity contribution in [3.63, 3.8) is 0 Å². The average molecular weight is 130 g/mol. The molecule has 0 radical (unpaired) electrons. The fourth-order valence-electron chi connectivity index (χ4n) is 0.440. The summed E-state index contributed by atoms with van der Waals surface area (Å²) < 4.78 is 0. The summed E-state index contributed by atoms with van der Waals surface area (Å²) >= 11 is 0. The Labute approximate surface area is 80.0 Å². The summed E-state index contributed by atoms with van der Waals surface area (Å²) in [6.45, 7) is 2.10. The third-order valence-corrected chi connectivity index (χ3v) is 0.838. The molecule has 0 heterocycles. The van der Waals surface area contributed by atoms with Gasteiger partial charge in [-0.1, -0.05) is 19.1 Å². The predicted octanol–water partition coefficient (Wildman–Crippen LogP) is -0.673. The van der Waals surface area contributed by atoms with Gasteiger partial charge in [-0.2, -0.15) is 0 Å². The van der Waals surface area contributed by atoms with Gasteiger partial charge in [-0.25, -0.2) is 0 Å². The number of unbranched alkanes of at least 4 members (excludes halogenated alkanes) is 1. The van der Waals surface area contributed by atoms with Gasteiger partial charge >= 0.3 is 29.6 Å². The molecule has 44 valence electrons. The van der Waals surface area contributed by atoms with Crippen LogP contribution in [0.5, 0.6) is 0 Å². The van der Waals surface area contributed by atoms with E-state index in [9.17, 15) is 0 Å². The summed E-state index contributed by atoms with van der Waals surface area (Å²) in [7, 11) is 0. The van der Waals surface area contributed by atoms with Crippen LogP contribution in [0.1, 0.15) is 26.2 Å². The molecule has 0 saturated heterocycles. The quantitative estimate of drug-likeness (QED) is 0.156. The van der Waals surface area contributed by atoms with E-state index in [1.807, 2.05) is 0 Å². The normalized spacial score (nSPS) is 8.44. The van der Waals surface area contributed by atoms with Crippen molar-refractivity contribution in [3.05, 3.63) is 18.6 Å². The molecule has 0 aliphatic carbocycles. The zero-order chi connectivity index (χ0) is 6.24. The van der Waals surface area contributed by atoms with E-state index >= 15 is 0 Å². The van der Waals surface area contributed by atoms with E-state index in [0.717, 1.165) is 19.3 Å². The molecule has 9 heavy (non-hydrogen) atoms. The molecule has 0 amide bonds. The predicted molar refractivity (Wildman–Crippen MR) is 35.8 cm³/mol. The zero-order valence-electron chi connectivity index (χ0n) is 6.28. The largest absolute Gasteiger partial charge is 1.00 e. The van der Waals surface area contributed by atoms with Crippen molar-refractivity contribution in [2.75, 3.05) is 0 Å². The minimum Gasteiger partial charge on any atom is -0.694 e. The third kappa shape index (κ3) is 11.7. The van der Waals surface area contributed by atoms with Gasteiger partial charge in [-0.05, 0) is 19.3 Å². The minimum atomic E-state index is 0. The SMILES string of the molecule is [C-]#CCCC=CCC.[Na+]. The fraction of sp³-hybridized carbons (Fsp3) is 0.500. The molecule has 0 spiro atoms. The van der Waals surface area contributed by atoms with Crippen LogP contribution in [0.3, 0.4) is 0 Å². The maximum Gasteiger partial charge on any atom is 1.00 e. The molecule has 0 bridgehead atoms. The zero-order valence-corrected chi connectivity index (χ0v) is 8.28. The molecular formula is C8H11Na. The molecule has 0 unspecified atom stereocenters. The number of rotatable bonds is 3. The number of hydrogen-bond acceptors (Lipinski definition) is 0. The molecule has 0 atom stereocenters. The number of allylic oxidation sites excluding steroid dienone is 2. The van der Waals surface area contributed by atoms with Gasteiger partial charge in [0.25, 0.3) is 0 Å². The topological polar surface area (TPSA) is 0 Å². The van der Waals surface area contributed by atoms with E-state index in [1.165, 1.54) is 0 Å². The summed E-state index contributed by atoms with van der Waals surface area (Å²) in [4.78, 5) is 0. The first kappa shape index (κ1) is 12.0. The molecule has 0 fully saturated rings. The van der Waals surface area contributed by atoms with Crippen LogP contribution < -0.4 is 29.6 Å². The second kappa shape index (κ2) is 11.1. The first-order chi connectivity index (χ1) is 3.91. The Morgan fingerprint density at radius 3 is 2.56 bits per heavy atom. The van der Waals surface area contributed by atoms with Crippen LogP contribution >= 0.6 is 0 Å². The first-order valence-corrected chi connectivity index (χ1v) is 2.96. The molecule has 0 nitrogen and oxygen atoms in total. The molecule has 0 aliphatic rings. The fourth-order valence-corrected chi connectivity index (χ4v) is 0.440. The van der Waals surface area contributed by atoms with Crippen molar-refractivity contribution >= 4 is 0 Å². The number of hydrogen-bond donors (Lipinski definition) is 0. The van der Waals surface area contributed by atoms with Crippen LogP contribution in [-0.2, 0) is 0 Å². The van der Waals surface area contributed by atoms with Crippen molar-refractivity contribution in [1.82, 2.24) is 0 Å². The third-order valence-electron chi connectivity index (χ3n) is 0.838. The van der Waals surface area contributed by atoms with Gasteiger partial charge in [-0.3, -0.25) is 0 Å². The molecule has 0 aliphatic heterocycles. The summed E-state index contributed by atoms with van der Waals surface area (Å²) in [5, 5.41) is 0. The standard InChI is InChI=1S/C8H11.Na/c1-3-5-7-8-6-4-2;/h5,7H,3,6,8H2,1H3;/q-1;+1. The average Bonchev–Trinajstić information content (AvgIpc) is 1.81. The molecule has 0 aromatic carbocycles. The second-order valence-electron chi connectivity index (χ2n) is 1.60. The Morgan fingerprint density at radius 2 is 2.11 bits per heavy atom.